The maximum atomic E-state index is 14.1. The Morgan fingerprint density at radius 3 is 2.67 bits per heavy atom. The van der Waals surface area contributed by atoms with Crippen molar-refractivity contribution in [2.75, 3.05) is 24.5 Å². The molecule has 0 saturated carbocycles. The second-order valence-corrected chi connectivity index (χ2v) is 11.4. The predicted octanol–water partition coefficient (Wildman–Crippen LogP) is 6.50. The Bertz CT molecular complexity index is 1930. The Hall–Kier alpha value is -4.56. The molecule has 1 aliphatic rings. The van der Waals surface area contributed by atoms with Crippen LogP contribution in [-0.2, 0) is 4.79 Å². The van der Waals surface area contributed by atoms with E-state index in [1.54, 1.807) is 27.9 Å². The molecule has 1 saturated heterocycles. The molecule has 3 aromatic carbocycles. The van der Waals surface area contributed by atoms with Crippen LogP contribution < -0.4 is 10.6 Å². The van der Waals surface area contributed by atoms with Crippen LogP contribution in [0.4, 0.5) is 5.82 Å². The molecule has 42 heavy (non-hydrogen) atoms. The summed E-state index contributed by atoms with van der Waals surface area (Å²) in [6.07, 6.45) is 2.93. The summed E-state index contributed by atoms with van der Waals surface area (Å²) in [5.74, 6) is 0.594. The number of phenols is 1. The molecule has 214 valence electrons. The summed E-state index contributed by atoms with van der Waals surface area (Å²) < 4.78 is 7.79. The quantitative estimate of drug-likeness (QED) is 0.238. The zero-order chi connectivity index (χ0) is 29.7. The number of benzene rings is 3. The fourth-order valence-electron chi connectivity index (χ4n) is 5.97. The van der Waals surface area contributed by atoms with E-state index in [9.17, 15) is 14.7 Å². The van der Waals surface area contributed by atoms with Gasteiger partial charge in [-0.25, -0.2) is 4.79 Å². The second kappa shape index (κ2) is 10.7. The van der Waals surface area contributed by atoms with E-state index < -0.39 is 5.69 Å². The van der Waals surface area contributed by atoms with Crippen molar-refractivity contribution >= 4 is 45.2 Å². The maximum absolute atomic E-state index is 14.1. The molecule has 2 aromatic heterocycles. The topological polar surface area (TPSA) is 91.8 Å². The first-order valence-corrected chi connectivity index (χ1v) is 14.3. The summed E-state index contributed by atoms with van der Waals surface area (Å²) in [4.78, 5) is 35.0. The minimum atomic E-state index is -0.429. The van der Waals surface area contributed by atoms with Crippen LogP contribution in [0.15, 0.2) is 82.7 Å². The number of aromatic nitrogens is 2. The summed E-state index contributed by atoms with van der Waals surface area (Å²) >= 11 is 6.66. The van der Waals surface area contributed by atoms with Crippen LogP contribution in [0.25, 0.3) is 38.7 Å². The van der Waals surface area contributed by atoms with Crippen molar-refractivity contribution in [1.29, 1.82) is 0 Å². The molecule has 1 atom stereocenters. The molecule has 1 aliphatic heterocycles. The Labute approximate surface area is 248 Å². The van der Waals surface area contributed by atoms with Crippen molar-refractivity contribution in [2.24, 2.45) is 0 Å². The van der Waals surface area contributed by atoms with Crippen molar-refractivity contribution in [3.63, 3.8) is 0 Å². The lowest BCUT2D eigenvalue weighted by Gasteiger charge is -2.40. The van der Waals surface area contributed by atoms with E-state index in [2.05, 4.69) is 30.3 Å². The lowest BCUT2D eigenvalue weighted by Crippen LogP contribution is -2.54. The molecule has 0 unspecified atom stereocenters. The summed E-state index contributed by atoms with van der Waals surface area (Å²) in [5.41, 5.74) is 3.79. The van der Waals surface area contributed by atoms with Gasteiger partial charge in [-0.15, -0.1) is 0 Å². The van der Waals surface area contributed by atoms with Crippen LogP contribution in [0, 0.1) is 0 Å². The molecule has 0 radical (unpaired) electrons. The largest absolute Gasteiger partial charge is 0.508 e. The number of fused-ring (bicyclic) bond motifs is 3. The monoisotopic (exact) mass is 582 g/mol. The van der Waals surface area contributed by atoms with E-state index in [1.807, 2.05) is 43.3 Å². The van der Waals surface area contributed by atoms with Gasteiger partial charge in [-0.2, -0.15) is 4.98 Å². The first-order chi connectivity index (χ1) is 20.2. The van der Waals surface area contributed by atoms with Gasteiger partial charge in [-0.1, -0.05) is 50.2 Å². The smallest absolute Gasteiger partial charge is 0.354 e. The average molecular weight is 583 g/mol. The molecule has 6 rings (SSSR count). The molecule has 0 aliphatic carbocycles. The van der Waals surface area contributed by atoms with Gasteiger partial charge < -0.3 is 19.3 Å². The number of para-hydroxylation sites is 1. The van der Waals surface area contributed by atoms with Gasteiger partial charge in [0.05, 0.1) is 22.9 Å². The number of carbonyl (C=O) groups is 1. The molecule has 8 nitrogen and oxygen atoms in total. The van der Waals surface area contributed by atoms with Crippen LogP contribution in [0.1, 0.15) is 32.3 Å². The number of rotatable bonds is 5. The summed E-state index contributed by atoms with van der Waals surface area (Å²) in [6.45, 7) is 11.2. The summed E-state index contributed by atoms with van der Waals surface area (Å²) in [7, 11) is 0. The normalized spacial score (nSPS) is 15.6. The summed E-state index contributed by atoms with van der Waals surface area (Å²) in [5, 5.41) is 12.3. The minimum Gasteiger partial charge on any atom is -0.508 e. The van der Waals surface area contributed by atoms with Crippen molar-refractivity contribution in [3.8, 4) is 22.6 Å². The van der Waals surface area contributed by atoms with Gasteiger partial charge >= 0.3 is 5.69 Å². The third kappa shape index (κ3) is 4.52. The number of piperazine rings is 1. The van der Waals surface area contributed by atoms with Crippen LogP contribution in [0.5, 0.6) is 5.75 Å². The lowest BCUT2D eigenvalue weighted by atomic mass is 9.97. The standard InChI is InChI=1S/C33H31ClN4O4/c1-5-29(40)36-13-14-37(20(4)18-36)32-30-28(38(33(41)35-32)27-9-7-6-8-22(27)19(2)3)17-24(23-12-15-42-31(23)30)25-16-21(39)10-11-26(25)34/h5-12,15-17,19-20,39H,1,13-14,18H2,2-4H3/t20-/m0/s1. The van der Waals surface area contributed by atoms with Gasteiger partial charge in [-0.05, 0) is 66.4 Å². The van der Waals surface area contributed by atoms with Gasteiger partial charge in [0.15, 0.2) is 0 Å². The van der Waals surface area contributed by atoms with Gasteiger partial charge in [0.2, 0.25) is 5.91 Å². The van der Waals surface area contributed by atoms with Crippen LogP contribution in [-0.4, -0.2) is 51.1 Å². The number of furan rings is 1. The number of phenolic OH excluding ortho intramolecular Hbond substituents is 1. The highest BCUT2D eigenvalue weighted by Gasteiger charge is 2.31. The first-order valence-electron chi connectivity index (χ1n) is 13.9. The fourth-order valence-corrected chi connectivity index (χ4v) is 6.19. The molecular weight excluding hydrogens is 552 g/mol. The lowest BCUT2D eigenvalue weighted by molar-refractivity contribution is -0.126. The number of carbonyl (C=O) groups excluding carboxylic acids is 1. The SMILES string of the molecule is C=CC(=O)N1CCN(c2nc(=O)n(-c3ccccc3C(C)C)c3cc(-c4cc(O)ccc4Cl)c4ccoc4c23)[C@@H](C)C1. The average Bonchev–Trinajstić information content (AvgIpc) is 3.47. The maximum Gasteiger partial charge on any atom is 0.354 e. The van der Waals surface area contributed by atoms with E-state index in [0.29, 0.717) is 58.1 Å². The molecular formula is C33H31ClN4O4. The zero-order valence-corrected chi connectivity index (χ0v) is 24.4. The Balaban J connectivity index is 1.70. The fraction of sp³-hybridized carbons (Fsp3) is 0.242. The molecule has 0 spiro atoms. The van der Waals surface area contributed by atoms with Crippen molar-refractivity contribution in [1.82, 2.24) is 14.5 Å². The third-order valence-corrected chi connectivity index (χ3v) is 8.33. The first kappa shape index (κ1) is 27.6. The van der Waals surface area contributed by atoms with E-state index in [-0.39, 0.29) is 23.6 Å². The number of aromatic hydroxyl groups is 1. The molecule has 3 heterocycles. The van der Waals surface area contributed by atoms with Gasteiger partial charge in [0.1, 0.15) is 17.2 Å². The highest BCUT2D eigenvalue weighted by atomic mass is 35.5. The predicted molar refractivity (Wildman–Crippen MR) is 167 cm³/mol. The second-order valence-electron chi connectivity index (χ2n) is 10.9. The van der Waals surface area contributed by atoms with Gasteiger partial charge in [-0.3, -0.25) is 9.36 Å². The molecule has 0 bridgehead atoms. The van der Waals surface area contributed by atoms with Crippen LogP contribution >= 0.6 is 11.6 Å². The third-order valence-electron chi connectivity index (χ3n) is 8.00. The highest BCUT2D eigenvalue weighted by molar-refractivity contribution is 6.34. The van der Waals surface area contributed by atoms with Crippen molar-refractivity contribution < 1.29 is 14.3 Å². The van der Waals surface area contributed by atoms with Crippen LogP contribution in [0.3, 0.4) is 0 Å². The number of hydrogen-bond donors (Lipinski definition) is 1. The molecule has 1 fully saturated rings. The number of amides is 1. The van der Waals surface area contributed by atoms with E-state index in [0.717, 1.165) is 16.6 Å². The van der Waals surface area contributed by atoms with E-state index in [4.69, 9.17) is 16.0 Å². The zero-order valence-electron chi connectivity index (χ0n) is 23.7. The van der Waals surface area contributed by atoms with Gasteiger partial charge in [0, 0.05) is 41.6 Å². The van der Waals surface area contributed by atoms with E-state index >= 15 is 0 Å². The number of hydrogen-bond acceptors (Lipinski definition) is 6. The Morgan fingerprint density at radius 1 is 1.14 bits per heavy atom. The Morgan fingerprint density at radius 2 is 1.93 bits per heavy atom. The number of anilines is 1. The van der Waals surface area contributed by atoms with E-state index in [1.165, 1.54) is 12.1 Å². The van der Waals surface area contributed by atoms with Crippen molar-refractivity contribution in [2.45, 2.75) is 32.7 Å². The Kier molecular flexibility index (Phi) is 7.02. The molecule has 9 heteroatoms. The molecule has 1 N–H and O–H groups in total. The number of nitrogens with zero attached hydrogens (tertiary/aromatic N) is 4. The molecule has 5 aromatic rings. The van der Waals surface area contributed by atoms with Crippen LogP contribution in [0.2, 0.25) is 5.02 Å². The number of halogens is 1. The molecule has 1 amide bonds. The van der Waals surface area contributed by atoms with Gasteiger partial charge in [0.25, 0.3) is 0 Å². The minimum absolute atomic E-state index is 0.0740. The highest BCUT2D eigenvalue weighted by Crippen LogP contribution is 2.42. The summed E-state index contributed by atoms with van der Waals surface area (Å²) in [6, 6.07) is 16.3. The van der Waals surface area contributed by atoms with Crippen molar-refractivity contribution in [3.05, 3.63) is 94.6 Å².